The van der Waals surface area contributed by atoms with Gasteiger partial charge in [0, 0.05) is 23.5 Å². The second-order valence-corrected chi connectivity index (χ2v) is 5.86. The molecule has 3 heterocycles. The van der Waals surface area contributed by atoms with E-state index in [9.17, 15) is 18.4 Å². The van der Waals surface area contributed by atoms with Crippen LogP contribution in [0.3, 0.4) is 0 Å². The number of anilines is 1. The van der Waals surface area contributed by atoms with E-state index in [4.69, 9.17) is 20.1 Å². The van der Waals surface area contributed by atoms with Gasteiger partial charge in [-0.05, 0) is 36.1 Å². The first kappa shape index (κ1) is 19.0. The number of aromatic nitrogens is 2. The summed E-state index contributed by atoms with van der Waals surface area (Å²) in [7, 11) is 0. The molecule has 0 aromatic carbocycles. The van der Waals surface area contributed by atoms with E-state index in [1.54, 1.807) is 6.26 Å². The van der Waals surface area contributed by atoms with Crippen LogP contribution in [0.5, 0.6) is 0 Å². The molecule has 1 aliphatic carbocycles. The summed E-state index contributed by atoms with van der Waals surface area (Å²) in [5.41, 5.74) is 11.3. The minimum atomic E-state index is -5.08. The zero-order valence-corrected chi connectivity index (χ0v) is 14.2. The van der Waals surface area contributed by atoms with E-state index in [1.807, 2.05) is 24.5 Å². The third-order valence-electron chi connectivity index (χ3n) is 4.18. The molecule has 1 aliphatic rings. The highest BCUT2D eigenvalue weighted by molar-refractivity contribution is 5.84. The van der Waals surface area contributed by atoms with Gasteiger partial charge < -0.3 is 20.2 Å². The average Bonchev–Trinajstić information content (AvgIpc) is 3.32. The van der Waals surface area contributed by atoms with Crippen LogP contribution in [0.15, 0.2) is 35.2 Å². The van der Waals surface area contributed by atoms with Gasteiger partial charge in [0.2, 0.25) is 0 Å². The predicted octanol–water partition coefficient (Wildman–Crippen LogP) is 3.52. The van der Waals surface area contributed by atoms with E-state index in [0.29, 0.717) is 11.3 Å². The van der Waals surface area contributed by atoms with Crippen molar-refractivity contribution in [1.29, 1.82) is 5.26 Å². The Bertz CT molecular complexity index is 1060. The number of nitrogen functional groups attached to an aromatic ring is 1. The molecule has 0 saturated carbocycles. The molecule has 0 fully saturated rings. The van der Waals surface area contributed by atoms with Crippen LogP contribution in [0.25, 0.3) is 22.6 Å². The second kappa shape index (κ2) is 7.11. The molecule has 0 saturated heterocycles. The van der Waals surface area contributed by atoms with Crippen molar-refractivity contribution >= 4 is 11.8 Å². The van der Waals surface area contributed by atoms with E-state index < -0.39 is 12.1 Å². The van der Waals surface area contributed by atoms with Crippen LogP contribution >= 0.6 is 0 Å². The lowest BCUT2D eigenvalue weighted by Gasteiger charge is -2.20. The molecule has 0 amide bonds. The third-order valence-corrected chi connectivity index (χ3v) is 4.18. The van der Waals surface area contributed by atoms with Gasteiger partial charge in [0.1, 0.15) is 23.2 Å². The molecule has 10 heteroatoms. The number of fused-ring (bicyclic) bond motifs is 3. The molecule has 0 bridgehead atoms. The van der Waals surface area contributed by atoms with E-state index in [0.717, 1.165) is 35.2 Å². The molecule has 28 heavy (non-hydrogen) atoms. The Kier molecular flexibility index (Phi) is 4.83. The summed E-state index contributed by atoms with van der Waals surface area (Å²) < 4.78 is 37.2. The van der Waals surface area contributed by atoms with Crippen molar-refractivity contribution in [3.05, 3.63) is 47.5 Å². The minimum absolute atomic E-state index is 0.247. The molecule has 0 unspecified atom stereocenters. The molecular weight excluding hydrogens is 377 g/mol. The first-order valence-corrected chi connectivity index (χ1v) is 7.96. The summed E-state index contributed by atoms with van der Waals surface area (Å²) >= 11 is 0. The zero-order valence-electron chi connectivity index (χ0n) is 14.2. The number of hydrogen-bond donors (Lipinski definition) is 3. The SMILES string of the molecule is N#Cc1c(N)nc2c(c1-c1ccco1)CCc1c[nH]cc1-2.O=C(O)C(F)(F)F. The van der Waals surface area contributed by atoms with Crippen LogP contribution in [-0.4, -0.2) is 27.2 Å². The van der Waals surface area contributed by atoms with Crippen LogP contribution in [0, 0.1) is 11.3 Å². The topological polar surface area (TPSA) is 129 Å². The molecule has 7 nitrogen and oxygen atoms in total. The van der Waals surface area contributed by atoms with Gasteiger partial charge in [-0.15, -0.1) is 0 Å². The van der Waals surface area contributed by atoms with Gasteiger partial charge in [0.25, 0.3) is 0 Å². The van der Waals surface area contributed by atoms with Crippen LogP contribution < -0.4 is 5.73 Å². The standard InChI is InChI=1S/C16H12N4O.C2HF3O2/c17-6-11-14(13-2-1-5-21-13)10-4-3-9-7-19-8-12(9)15(10)20-16(11)18;3-2(4,5)1(6)7/h1-2,5,7-8,19H,3-4H2,(H2,18,20);(H,6,7). The summed E-state index contributed by atoms with van der Waals surface area (Å²) in [6.45, 7) is 0. The Hall–Kier alpha value is -3.74. The zero-order chi connectivity index (χ0) is 20.5. The Morgan fingerprint density at radius 1 is 1.36 bits per heavy atom. The average molecular weight is 390 g/mol. The number of rotatable bonds is 1. The maximum Gasteiger partial charge on any atom is 0.490 e. The maximum absolute atomic E-state index is 10.6. The summed E-state index contributed by atoms with van der Waals surface area (Å²) in [6, 6.07) is 5.82. The Balaban J connectivity index is 0.000000279. The van der Waals surface area contributed by atoms with Crippen molar-refractivity contribution in [3.8, 4) is 28.7 Å². The molecule has 3 aromatic rings. The Morgan fingerprint density at radius 3 is 2.64 bits per heavy atom. The van der Waals surface area contributed by atoms with Crippen LogP contribution in [0.2, 0.25) is 0 Å². The highest BCUT2D eigenvalue weighted by atomic mass is 19.4. The lowest BCUT2D eigenvalue weighted by molar-refractivity contribution is -0.192. The number of hydrogen-bond acceptors (Lipinski definition) is 5. The quantitative estimate of drug-likeness (QED) is 0.583. The highest BCUT2D eigenvalue weighted by Crippen LogP contribution is 2.40. The molecule has 3 aromatic heterocycles. The fraction of sp³-hybridized carbons (Fsp3) is 0.167. The van der Waals surface area contributed by atoms with Gasteiger partial charge in [-0.3, -0.25) is 0 Å². The molecule has 0 atom stereocenters. The number of aromatic amines is 1. The van der Waals surface area contributed by atoms with Crippen molar-refractivity contribution in [2.45, 2.75) is 19.0 Å². The van der Waals surface area contributed by atoms with Crippen molar-refractivity contribution in [2.24, 2.45) is 0 Å². The molecule has 0 radical (unpaired) electrons. The number of carboxylic acid groups (broad SMARTS) is 1. The van der Waals surface area contributed by atoms with Gasteiger partial charge in [0.05, 0.1) is 12.0 Å². The summed E-state index contributed by atoms with van der Waals surface area (Å²) in [5, 5.41) is 16.6. The number of nitrogens with two attached hydrogens (primary N) is 1. The van der Waals surface area contributed by atoms with Crippen LogP contribution in [0.1, 0.15) is 16.7 Å². The van der Waals surface area contributed by atoms with Gasteiger partial charge in [-0.25, -0.2) is 9.78 Å². The smallest absolute Gasteiger partial charge is 0.475 e. The summed E-state index contributed by atoms with van der Waals surface area (Å²) in [4.78, 5) is 16.5. The van der Waals surface area contributed by atoms with Crippen LogP contribution in [-0.2, 0) is 17.6 Å². The number of furan rings is 1. The summed E-state index contributed by atoms with van der Waals surface area (Å²) in [5.74, 6) is -1.85. The van der Waals surface area contributed by atoms with E-state index in [-0.39, 0.29) is 5.82 Å². The normalized spacial score (nSPS) is 12.2. The number of pyridine rings is 1. The lowest BCUT2D eigenvalue weighted by atomic mass is 9.86. The van der Waals surface area contributed by atoms with Crippen molar-refractivity contribution in [1.82, 2.24) is 9.97 Å². The number of nitrogens with one attached hydrogen (secondary N) is 1. The van der Waals surface area contributed by atoms with Crippen molar-refractivity contribution in [2.75, 3.05) is 5.73 Å². The first-order chi connectivity index (χ1) is 13.2. The molecule has 144 valence electrons. The molecule has 4 rings (SSSR count). The highest BCUT2D eigenvalue weighted by Gasteiger charge is 2.38. The number of halogens is 3. The number of nitriles is 1. The Labute approximate surface area is 156 Å². The molecule has 4 N–H and O–H groups in total. The van der Waals surface area contributed by atoms with Crippen molar-refractivity contribution in [3.63, 3.8) is 0 Å². The molecule has 0 spiro atoms. The monoisotopic (exact) mass is 390 g/mol. The van der Waals surface area contributed by atoms with Crippen LogP contribution in [0.4, 0.5) is 19.0 Å². The van der Waals surface area contributed by atoms with Crippen molar-refractivity contribution < 1.29 is 27.5 Å². The number of nitrogens with zero attached hydrogens (tertiary/aromatic N) is 2. The number of alkyl halides is 3. The fourth-order valence-corrected chi connectivity index (χ4v) is 3.00. The minimum Gasteiger partial charge on any atom is -0.475 e. The lowest BCUT2D eigenvalue weighted by Crippen LogP contribution is -2.21. The van der Waals surface area contributed by atoms with Gasteiger partial charge in [0.15, 0.2) is 0 Å². The summed E-state index contributed by atoms with van der Waals surface area (Å²) in [6.07, 6.45) is 2.16. The Morgan fingerprint density at radius 2 is 2.07 bits per heavy atom. The van der Waals surface area contributed by atoms with Gasteiger partial charge in [-0.2, -0.15) is 18.4 Å². The number of carbonyl (C=O) groups is 1. The molecular formula is C18H13F3N4O3. The number of carboxylic acids is 1. The first-order valence-electron chi connectivity index (χ1n) is 7.96. The van der Waals surface area contributed by atoms with E-state index in [1.165, 1.54) is 5.56 Å². The number of aliphatic carboxylic acids is 1. The maximum atomic E-state index is 10.6. The third kappa shape index (κ3) is 3.42. The number of H-pyrrole nitrogens is 1. The van der Waals surface area contributed by atoms with Gasteiger partial charge >= 0.3 is 12.1 Å². The molecule has 0 aliphatic heterocycles. The number of aryl methyl sites for hydroxylation is 1. The fourth-order valence-electron chi connectivity index (χ4n) is 3.00. The van der Waals surface area contributed by atoms with E-state index >= 15 is 0 Å². The second-order valence-electron chi connectivity index (χ2n) is 5.86. The largest absolute Gasteiger partial charge is 0.490 e. The van der Waals surface area contributed by atoms with E-state index in [2.05, 4.69) is 16.0 Å². The predicted molar refractivity (Wildman–Crippen MR) is 92.0 cm³/mol. The van der Waals surface area contributed by atoms with Gasteiger partial charge in [-0.1, -0.05) is 0 Å².